The maximum atomic E-state index is 12.6. The molecule has 112 valence electrons. The maximum Gasteiger partial charge on any atom is 0.240 e. The van der Waals surface area contributed by atoms with E-state index in [1.165, 1.54) is 6.42 Å². The molecule has 0 radical (unpaired) electrons. The number of piperidine rings is 1. The summed E-state index contributed by atoms with van der Waals surface area (Å²) in [6, 6.07) is 9.44. The fraction of sp³-hybridized carbons (Fsp3) is 0.529. The van der Waals surface area contributed by atoms with Gasteiger partial charge in [0.15, 0.2) is 0 Å². The number of rotatable bonds is 5. The van der Waals surface area contributed by atoms with Gasteiger partial charge in [-0.3, -0.25) is 4.79 Å². The largest absolute Gasteiger partial charge is 0.341 e. The number of benzene rings is 1. The smallest absolute Gasteiger partial charge is 0.240 e. The van der Waals surface area contributed by atoms with E-state index < -0.39 is 0 Å². The number of carbonyl (C=O) groups is 1. The van der Waals surface area contributed by atoms with Crippen LogP contribution in [-0.2, 0) is 11.2 Å². The lowest BCUT2D eigenvalue weighted by molar-refractivity contribution is -0.134. The highest BCUT2D eigenvalue weighted by molar-refractivity contribution is 5.82. The van der Waals surface area contributed by atoms with Gasteiger partial charge in [0.1, 0.15) is 0 Å². The van der Waals surface area contributed by atoms with E-state index in [9.17, 15) is 4.79 Å². The first-order valence-electron chi connectivity index (χ1n) is 7.75. The molecule has 0 spiro atoms. The summed E-state index contributed by atoms with van der Waals surface area (Å²) in [4.78, 5) is 14.6. The molecule has 4 nitrogen and oxygen atoms in total. The number of amides is 1. The second-order valence-corrected chi connectivity index (χ2v) is 5.51. The van der Waals surface area contributed by atoms with Crippen LogP contribution in [0.3, 0.4) is 0 Å². The van der Waals surface area contributed by atoms with Gasteiger partial charge < -0.3 is 10.2 Å². The summed E-state index contributed by atoms with van der Waals surface area (Å²) < 4.78 is 0. The molecule has 1 aliphatic heterocycles. The van der Waals surface area contributed by atoms with Crippen molar-refractivity contribution in [1.29, 1.82) is 5.26 Å². The normalized spacial score (nSPS) is 16.3. The Morgan fingerprint density at radius 1 is 1.29 bits per heavy atom. The molecule has 0 aromatic heterocycles. The zero-order chi connectivity index (χ0) is 15.1. The van der Waals surface area contributed by atoms with E-state index >= 15 is 0 Å². The predicted molar refractivity (Wildman–Crippen MR) is 82.8 cm³/mol. The quantitative estimate of drug-likeness (QED) is 0.901. The molecular weight excluding hydrogens is 262 g/mol. The van der Waals surface area contributed by atoms with E-state index in [4.69, 9.17) is 5.26 Å². The maximum absolute atomic E-state index is 12.6. The van der Waals surface area contributed by atoms with Crippen molar-refractivity contribution >= 4 is 5.91 Å². The Hall–Kier alpha value is -1.86. The van der Waals surface area contributed by atoms with Crippen LogP contribution in [0.4, 0.5) is 0 Å². The predicted octanol–water partition coefficient (Wildman–Crippen LogP) is 2.09. The third kappa shape index (κ3) is 4.30. The summed E-state index contributed by atoms with van der Waals surface area (Å²) in [7, 11) is 0. The molecule has 1 heterocycles. The molecule has 1 N–H and O–H groups in total. The van der Waals surface area contributed by atoms with Crippen molar-refractivity contribution < 1.29 is 4.79 Å². The summed E-state index contributed by atoms with van der Waals surface area (Å²) >= 11 is 0. The van der Waals surface area contributed by atoms with Crippen LogP contribution in [0.5, 0.6) is 0 Å². The Balaban J connectivity index is 2.03. The monoisotopic (exact) mass is 285 g/mol. The summed E-state index contributed by atoms with van der Waals surface area (Å²) in [5, 5.41) is 12.1. The zero-order valence-electron chi connectivity index (χ0n) is 12.6. The standard InChI is InChI=1S/C17H23N3O/c1-2-19-16(17(21)20-10-4-3-5-11-20)12-14-6-8-15(13-18)9-7-14/h6-9,16,19H,2-5,10-12H2,1H3/t16-/m0/s1. The Bertz CT molecular complexity index is 498. The van der Waals surface area contributed by atoms with Gasteiger partial charge in [0.2, 0.25) is 5.91 Å². The number of nitrogens with zero attached hydrogens (tertiary/aromatic N) is 2. The molecule has 1 aliphatic rings. The van der Waals surface area contributed by atoms with E-state index in [-0.39, 0.29) is 11.9 Å². The summed E-state index contributed by atoms with van der Waals surface area (Å²) in [6.07, 6.45) is 4.13. The van der Waals surface area contributed by atoms with Gasteiger partial charge in [0.25, 0.3) is 0 Å². The van der Waals surface area contributed by atoms with Crippen LogP contribution in [0.15, 0.2) is 24.3 Å². The highest BCUT2D eigenvalue weighted by Gasteiger charge is 2.24. The van der Waals surface area contributed by atoms with Gasteiger partial charge in [-0.15, -0.1) is 0 Å². The van der Waals surface area contributed by atoms with Crippen molar-refractivity contribution in [3.8, 4) is 6.07 Å². The molecule has 21 heavy (non-hydrogen) atoms. The number of hydrogen-bond acceptors (Lipinski definition) is 3. The van der Waals surface area contributed by atoms with Crippen LogP contribution >= 0.6 is 0 Å². The summed E-state index contributed by atoms with van der Waals surface area (Å²) in [6.45, 7) is 4.57. The van der Waals surface area contributed by atoms with Crippen LogP contribution < -0.4 is 5.32 Å². The van der Waals surface area contributed by atoms with Crippen LogP contribution in [0.25, 0.3) is 0 Å². The zero-order valence-corrected chi connectivity index (χ0v) is 12.6. The van der Waals surface area contributed by atoms with Gasteiger partial charge in [-0.05, 0) is 49.9 Å². The highest BCUT2D eigenvalue weighted by Crippen LogP contribution is 2.13. The summed E-state index contributed by atoms with van der Waals surface area (Å²) in [5.74, 6) is 0.209. The molecule has 1 amide bonds. The number of hydrogen-bond donors (Lipinski definition) is 1. The van der Waals surface area contributed by atoms with Crippen LogP contribution in [-0.4, -0.2) is 36.5 Å². The molecule has 4 heteroatoms. The fourth-order valence-corrected chi connectivity index (χ4v) is 2.78. The molecule has 1 aromatic rings. The molecule has 1 atom stereocenters. The second-order valence-electron chi connectivity index (χ2n) is 5.51. The topological polar surface area (TPSA) is 56.1 Å². The first-order chi connectivity index (χ1) is 10.2. The van der Waals surface area contributed by atoms with E-state index in [1.54, 1.807) is 0 Å². The molecule has 0 bridgehead atoms. The van der Waals surface area contributed by atoms with Crippen molar-refractivity contribution in [1.82, 2.24) is 10.2 Å². The van der Waals surface area contributed by atoms with Crippen molar-refractivity contribution in [2.75, 3.05) is 19.6 Å². The lowest BCUT2D eigenvalue weighted by Gasteiger charge is -2.30. The molecule has 0 aliphatic carbocycles. The Morgan fingerprint density at radius 2 is 1.95 bits per heavy atom. The Kier molecular flexibility index (Phi) is 5.77. The number of carbonyl (C=O) groups excluding carboxylic acids is 1. The lowest BCUT2D eigenvalue weighted by atomic mass is 10.0. The van der Waals surface area contributed by atoms with Crippen molar-refractivity contribution in [2.24, 2.45) is 0 Å². The second kappa shape index (κ2) is 7.80. The van der Waals surface area contributed by atoms with Gasteiger partial charge in [-0.1, -0.05) is 19.1 Å². The lowest BCUT2D eigenvalue weighted by Crippen LogP contribution is -2.49. The first-order valence-corrected chi connectivity index (χ1v) is 7.75. The van der Waals surface area contributed by atoms with Crippen molar-refractivity contribution in [2.45, 2.75) is 38.6 Å². The highest BCUT2D eigenvalue weighted by atomic mass is 16.2. The first kappa shape index (κ1) is 15.5. The minimum absolute atomic E-state index is 0.166. The van der Waals surface area contributed by atoms with Gasteiger partial charge in [-0.2, -0.15) is 5.26 Å². The van der Waals surface area contributed by atoms with E-state index in [0.29, 0.717) is 12.0 Å². The van der Waals surface area contributed by atoms with Gasteiger partial charge >= 0.3 is 0 Å². The summed E-state index contributed by atoms with van der Waals surface area (Å²) in [5.41, 5.74) is 1.74. The Morgan fingerprint density at radius 3 is 2.52 bits per heavy atom. The Labute approximate surface area is 126 Å². The molecule has 0 unspecified atom stereocenters. The van der Waals surface area contributed by atoms with Crippen LogP contribution in [0.2, 0.25) is 0 Å². The van der Waals surface area contributed by atoms with E-state index in [0.717, 1.165) is 38.0 Å². The molecule has 1 saturated heterocycles. The molecule has 0 saturated carbocycles. The minimum Gasteiger partial charge on any atom is -0.341 e. The van der Waals surface area contributed by atoms with Crippen LogP contribution in [0, 0.1) is 11.3 Å². The SMILES string of the molecule is CCN[C@@H](Cc1ccc(C#N)cc1)C(=O)N1CCCCC1. The number of nitriles is 1. The van der Waals surface area contributed by atoms with Gasteiger partial charge in [0.05, 0.1) is 17.7 Å². The van der Waals surface area contributed by atoms with E-state index in [2.05, 4.69) is 11.4 Å². The van der Waals surface area contributed by atoms with Gasteiger partial charge in [-0.25, -0.2) is 0 Å². The molecule has 2 rings (SSSR count). The average molecular weight is 285 g/mol. The molecule has 1 fully saturated rings. The minimum atomic E-state index is -0.166. The average Bonchev–Trinajstić information content (AvgIpc) is 2.55. The third-order valence-corrected chi connectivity index (χ3v) is 3.94. The fourth-order valence-electron chi connectivity index (χ4n) is 2.78. The number of nitrogens with one attached hydrogen (secondary N) is 1. The van der Waals surface area contributed by atoms with Crippen molar-refractivity contribution in [3.63, 3.8) is 0 Å². The molecule has 1 aromatic carbocycles. The molecular formula is C17H23N3O. The van der Waals surface area contributed by atoms with Crippen molar-refractivity contribution in [3.05, 3.63) is 35.4 Å². The third-order valence-electron chi connectivity index (χ3n) is 3.94. The number of likely N-dealkylation sites (N-methyl/N-ethyl adjacent to an activating group) is 1. The van der Waals surface area contributed by atoms with E-state index in [1.807, 2.05) is 36.1 Å². The van der Waals surface area contributed by atoms with Gasteiger partial charge in [0, 0.05) is 13.1 Å². The number of likely N-dealkylation sites (tertiary alicyclic amines) is 1. The van der Waals surface area contributed by atoms with Crippen LogP contribution in [0.1, 0.15) is 37.3 Å².